The molecule has 0 aromatic heterocycles. The number of halogens is 1. The Bertz CT molecular complexity index is 536. The molecular formula is C18H29ClO2Si. The molecule has 0 radical (unpaired) electrons. The zero-order valence-corrected chi connectivity index (χ0v) is 16.9. The van der Waals surface area contributed by atoms with Crippen molar-refractivity contribution in [1.29, 1.82) is 0 Å². The van der Waals surface area contributed by atoms with Crippen LogP contribution in [0.15, 0.2) is 12.1 Å². The van der Waals surface area contributed by atoms with E-state index in [1.165, 1.54) is 0 Å². The average Bonchev–Trinajstić information content (AvgIpc) is 2.39. The third-order valence-electron chi connectivity index (χ3n) is 4.74. The maximum Gasteiger partial charge on any atom is 0.250 e. The maximum atomic E-state index is 12.3. The minimum Gasteiger partial charge on any atom is -0.542 e. The zero-order chi connectivity index (χ0) is 17.3. The number of hydrogen-bond donors (Lipinski definition) is 0. The number of hydrogen-bond acceptors (Lipinski definition) is 2. The van der Waals surface area contributed by atoms with Crippen molar-refractivity contribution in [2.45, 2.75) is 66.1 Å². The topological polar surface area (TPSA) is 26.3 Å². The van der Waals surface area contributed by atoms with Crippen molar-refractivity contribution < 1.29 is 9.22 Å². The third kappa shape index (κ3) is 4.14. The molecule has 0 heterocycles. The van der Waals surface area contributed by atoms with E-state index >= 15 is 0 Å². The van der Waals surface area contributed by atoms with Crippen LogP contribution in [0.1, 0.15) is 57.0 Å². The Morgan fingerprint density at radius 1 is 1.32 bits per heavy atom. The largest absolute Gasteiger partial charge is 0.542 e. The molecule has 0 bridgehead atoms. The Hall–Kier alpha value is -0.803. The van der Waals surface area contributed by atoms with Crippen LogP contribution in [0, 0.1) is 12.8 Å². The van der Waals surface area contributed by atoms with E-state index in [-0.39, 0.29) is 16.7 Å². The van der Waals surface area contributed by atoms with Gasteiger partial charge in [0.2, 0.25) is 0 Å². The second-order valence-corrected chi connectivity index (χ2v) is 12.8. The lowest BCUT2D eigenvalue weighted by atomic mass is 9.96. The van der Waals surface area contributed by atoms with E-state index in [2.05, 4.69) is 33.9 Å². The van der Waals surface area contributed by atoms with Gasteiger partial charge in [0.05, 0.1) is 5.02 Å². The Morgan fingerprint density at radius 3 is 2.27 bits per heavy atom. The van der Waals surface area contributed by atoms with Gasteiger partial charge in [-0.05, 0) is 49.2 Å². The molecule has 0 amide bonds. The van der Waals surface area contributed by atoms with Gasteiger partial charge in [0, 0.05) is 11.5 Å². The number of benzene rings is 1. The molecule has 22 heavy (non-hydrogen) atoms. The van der Waals surface area contributed by atoms with Gasteiger partial charge in [-0.1, -0.05) is 46.2 Å². The monoisotopic (exact) mass is 340 g/mol. The molecule has 0 spiro atoms. The first-order valence-corrected chi connectivity index (χ1v) is 11.2. The van der Waals surface area contributed by atoms with Crippen LogP contribution < -0.4 is 4.43 Å². The summed E-state index contributed by atoms with van der Waals surface area (Å²) in [7, 11) is -1.95. The van der Waals surface area contributed by atoms with Crippen LogP contribution in [0.2, 0.25) is 23.2 Å². The van der Waals surface area contributed by atoms with Crippen LogP contribution >= 0.6 is 11.6 Å². The summed E-state index contributed by atoms with van der Waals surface area (Å²) in [6.07, 6.45) is 0.831. The van der Waals surface area contributed by atoms with Gasteiger partial charge in [-0.15, -0.1) is 0 Å². The summed E-state index contributed by atoms with van der Waals surface area (Å²) >= 11 is 6.43. The van der Waals surface area contributed by atoms with Gasteiger partial charge < -0.3 is 4.43 Å². The van der Waals surface area contributed by atoms with Crippen LogP contribution in [0.3, 0.4) is 0 Å². The standard InChI is InChI=1S/C18H29ClO2Si/c1-9-12(2)16(20)14-10-13(3)17(15(19)11-14)21-22(7,8)18(4,5)6/h10-12H,9H2,1-8H3. The molecule has 1 rings (SSSR count). The molecule has 0 aliphatic heterocycles. The van der Waals surface area contributed by atoms with E-state index in [9.17, 15) is 4.79 Å². The third-order valence-corrected chi connectivity index (χ3v) is 9.34. The zero-order valence-electron chi connectivity index (χ0n) is 15.1. The summed E-state index contributed by atoms with van der Waals surface area (Å²) in [6.45, 7) is 16.9. The Morgan fingerprint density at radius 2 is 1.86 bits per heavy atom. The first kappa shape index (κ1) is 19.2. The van der Waals surface area contributed by atoms with Crippen molar-refractivity contribution in [3.8, 4) is 5.75 Å². The Balaban J connectivity index is 3.19. The fourth-order valence-electron chi connectivity index (χ4n) is 1.88. The molecule has 1 aromatic rings. The number of ketones is 1. The molecule has 1 aromatic carbocycles. The van der Waals surface area contributed by atoms with Crippen LogP contribution in [0.5, 0.6) is 5.75 Å². The molecule has 0 saturated heterocycles. The maximum absolute atomic E-state index is 12.3. The molecule has 4 heteroatoms. The Kier molecular flexibility index (Phi) is 5.91. The summed E-state index contributed by atoms with van der Waals surface area (Å²) < 4.78 is 6.35. The molecule has 1 atom stereocenters. The molecule has 1 unspecified atom stereocenters. The second kappa shape index (κ2) is 6.75. The predicted octanol–water partition coefficient (Wildman–Crippen LogP) is 6.26. The van der Waals surface area contributed by atoms with Crippen molar-refractivity contribution in [1.82, 2.24) is 0 Å². The highest BCUT2D eigenvalue weighted by Crippen LogP contribution is 2.40. The molecule has 0 aliphatic carbocycles. The highest BCUT2D eigenvalue weighted by molar-refractivity contribution is 6.74. The van der Waals surface area contributed by atoms with Crippen molar-refractivity contribution in [2.75, 3.05) is 0 Å². The minimum atomic E-state index is -1.95. The van der Waals surface area contributed by atoms with Gasteiger partial charge in [0.1, 0.15) is 5.75 Å². The second-order valence-electron chi connectivity index (χ2n) is 7.64. The minimum absolute atomic E-state index is 0.0163. The first-order chi connectivity index (χ1) is 9.90. The summed E-state index contributed by atoms with van der Waals surface area (Å²) in [5.41, 5.74) is 1.61. The fraction of sp³-hybridized carbons (Fsp3) is 0.611. The van der Waals surface area contributed by atoms with Crippen LogP contribution in [-0.4, -0.2) is 14.1 Å². The lowest BCUT2D eigenvalue weighted by Gasteiger charge is -2.37. The van der Waals surface area contributed by atoms with Gasteiger partial charge in [-0.3, -0.25) is 4.79 Å². The molecular weight excluding hydrogens is 312 g/mol. The highest BCUT2D eigenvalue weighted by atomic mass is 35.5. The van der Waals surface area contributed by atoms with E-state index < -0.39 is 8.32 Å². The number of carbonyl (C=O) groups excluding carboxylic acids is 1. The quantitative estimate of drug-likeness (QED) is 0.467. The SMILES string of the molecule is CCC(C)C(=O)c1cc(C)c(O[Si](C)(C)C(C)(C)C)c(Cl)c1. The van der Waals surface area contributed by atoms with Crippen LogP contribution in [-0.2, 0) is 0 Å². The lowest BCUT2D eigenvalue weighted by molar-refractivity contribution is 0.0927. The van der Waals surface area contributed by atoms with Crippen molar-refractivity contribution >= 4 is 25.7 Å². The first-order valence-electron chi connectivity index (χ1n) is 7.94. The van der Waals surface area contributed by atoms with Crippen molar-refractivity contribution in [3.05, 3.63) is 28.3 Å². The molecule has 0 N–H and O–H groups in total. The number of carbonyl (C=O) groups is 1. The summed E-state index contributed by atoms with van der Waals surface area (Å²) in [6, 6.07) is 3.66. The number of rotatable bonds is 5. The van der Waals surface area contributed by atoms with Crippen molar-refractivity contribution in [2.24, 2.45) is 5.92 Å². The number of aryl methyl sites for hydroxylation is 1. The van der Waals surface area contributed by atoms with Crippen LogP contribution in [0.25, 0.3) is 0 Å². The van der Waals surface area contributed by atoms with Crippen molar-refractivity contribution in [3.63, 3.8) is 0 Å². The van der Waals surface area contributed by atoms with Gasteiger partial charge in [-0.2, -0.15) is 0 Å². The average molecular weight is 341 g/mol. The predicted molar refractivity (Wildman–Crippen MR) is 97.8 cm³/mol. The number of Topliss-reactive ketones (excluding diaryl/α,β-unsaturated/α-hetero) is 1. The van der Waals surface area contributed by atoms with E-state index in [4.69, 9.17) is 16.0 Å². The molecule has 0 aliphatic rings. The van der Waals surface area contributed by atoms with E-state index in [0.717, 1.165) is 17.7 Å². The normalized spacial score (nSPS) is 13.9. The van der Waals surface area contributed by atoms with E-state index in [1.54, 1.807) is 6.07 Å². The van der Waals surface area contributed by atoms with Gasteiger partial charge in [0.15, 0.2) is 5.78 Å². The molecule has 124 valence electrons. The van der Waals surface area contributed by atoms with Crippen LogP contribution in [0.4, 0.5) is 0 Å². The highest BCUT2D eigenvalue weighted by Gasteiger charge is 2.39. The lowest BCUT2D eigenvalue weighted by Crippen LogP contribution is -2.44. The fourth-order valence-corrected chi connectivity index (χ4v) is 3.34. The van der Waals surface area contributed by atoms with E-state index in [0.29, 0.717) is 10.6 Å². The summed E-state index contributed by atoms with van der Waals surface area (Å²) in [5, 5.41) is 0.644. The summed E-state index contributed by atoms with van der Waals surface area (Å²) in [5.74, 6) is 0.892. The smallest absolute Gasteiger partial charge is 0.250 e. The molecule has 0 saturated carbocycles. The molecule has 0 fully saturated rings. The Labute approximate surface area is 141 Å². The van der Waals surface area contributed by atoms with E-state index in [1.807, 2.05) is 26.8 Å². The van der Waals surface area contributed by atoms with Gasteiger partial charge in [0.25, 0.3) is 8.32 Å². The molecule has 2 nitrogen and oxygen atoms in total. The van der Waals surface area contributed by atoms with Gasteiger partial charge >= 0.3 is 0 Å². The summed E-state index contributed by atoms with van der Waals surface area (Å²) in [4.78, 5) is 12.3. The van der Waals surface area contributed by atoms with Gasteiger partial charge in [-0.25, -0.2) is 0 Å².